The Labute approximate surface area is 103 Å². The third-order valence-electron chi connectivity index (χ3n) is 3.40. The van der Waals surface area contributed by atoms with Gasteiger partial charge in [-0.2, -0.15) is 0 Å². The molecule has 0 bridgehead atoms. The minimum atomic E-state index is 0.257. The van der Waals surface area contributed by atoms with Crippen LogP contribution in [0.5, 0.6) is 0 Å². The largest absolute Gasteiger partial charge is 0.294 e. The Morgan fingerprint density at radius 1 is 1.35 bits per heavy atom. The number of allylic oxidation sites excluding steroid dienone is 3. The summed E-state index contributed by atoms with van der Waals surface area (Å²) < 4.78 is 0. The van der Waals surface area contributed by atoms with Crippen molar-refractivity contribution >= 4 is 5.78 Å². The SMILES string of the molecule is C=C/C=C1/CCCC1CC(=O)c1ccccc1. The van der Waals surface area contributed by atoms with Crippen LogP contribution in [-0.2, 0) is 0 Å². The van der Waals surface area contributed by atoms with Crippen LogP contribution in [0.25, 0.3) is 0 Å². The van der Waals surface area contributed by atoms with Gasteiger partial charge in [-0.3, -0.25) is 4.79 Å². The van der Waals surface area contributed by atoms with Crippen molar-refractivity contribution < 1.29 is 4.79 Å². The molecule has 1 fully saturated rings. The molecule has 1 saturated carbocycles. The molecule has 1 atom stereocenters. The quantitative estimate of drug-likeness (QED) is 0.704. The van der Waals surface area contributed by atoms with Gasteiger partial charge in [-0.05, 0) is 25.2 Å². The van der Waals surface area contributed by atoms with Gasteiger partial charge in [0, 0.05) is 12.0 Å². The summed E-state index contributed by atoms with van der Waals surface area (Å²) in [6.07, 6.45) is 8.02. The molecule has 0 aliphatic heterocycles. The topological polar surface area (TPSA) is 17.1 Å². The number of hydrogen-bond donors (Lipinski definition) is 0. The van der Waals surface area contributed by atoms with E-state index in [1.807, 2.05) is 36.4 Å². The van der Waals surface area contributed by atoms with E-state index in [2.05, 4.69) is 12.7 Å². The van der Waals surface area contributed by atoms with Crippen molar-refractivity contribution in [2.75, 3.05) is 0 Å². The number of Topliss-reactive ketones (excluding diaryl/α,β-unsaturated/α-hetero) is 1. The van der Waals surface area contributed by atoms with Crippen molar-refractivity contribution in [3.63, 3.8) is 0 Å². The van der Waals surface area contributed by atoms with E-state index in [9.17, 15) is 4.79 Å². The molecule has 1 unspecified atom stereocenters. The maximum absolute atomic E-state index is 12.1. The molecule has 2 rings (SSSR count). The van der Waals surface area contributed by atoms with Gasteiger partial charge >= 0.3 is 0 Å². The molecular weight excluding hydrogens is 208 g/mol. The van der Waals surface area contributed by atoms with Crippen LogP contribution >= 0.6 is 0 Å². The molecule has 0 radical (unpaired) electrons. The molecule has 1 aromatic carbocycles. The first kappa shape index (κ1) is 11.8. The van der Waals surface area contributed by atoms with Crippen LogP contribution in [0.1, 0.15) is 36.0 Å². The van der Waals surface area contributed by atoms with Gasteiger partial charge in [0.2, 0.25) is 0 Å². The lowest BCUT2D eigenvalue weighted by atomic mass is 9.93. The van der Waals surface area contributed by atoms with Gasteiger partial charge in [0.05, 0.1) is 0 Å². The Kier molecular flexibility index (Phi) is 3.92. The number of carbonyl (C=O) groups is 1. The summed E-state index contributed by atoms with van der Waals surface area (Å²) >= 11 is 0. The van der Waals surface area contributed by atoms with E-state index >= 15 is 0 Å². The zero-order valence-corrected chi connectivity index (χ0v) is 10.1. The molecule has 1 aliphatic rings. The normalized spacial score (nSPS) is 21.6. The monoisotopic (exact) mass is 226 g/mol. The molecule has 88 valence electrons. The van der Waals surface area contributed by atoms with Crippen molar-refractivity contribution in [1.82, 2.24) is 0 Å². The Hall–Kier alpha value is -1.63. The molecule has 1 nitrogen and oxygen atoms in total. The van der Waals surface area contributed by atoms with E-state index in [0.29, 0.717) is 12.3 Å². The average Bonchev–Trinajstić information content (AvgIpc) is 2.78. The minimum Gasteiger partial charge on any atom is -0.294 e. The molecule has 0 N–H and O–H groups in total. The molecule has 0 amide bonds. The number of carbonyl (C=O) groups excluding carboxylic acids is 1. The summed E-state index contributed by atoms with van der Waals surface area (Å²) in [5.74, 6) is 0.688. The van der Waals surface area contributed by atoms with Gasteiger partial charge in [0.15, 0.2) is 5.78 Å². The molecule has 0 saturated heterocycles. The van der Waals surface area contributed by atoms with E-state index in [4.69, 9.17) is 0 Å². The summed E-state index contributed by atoms with van der Waals surface area (Å²) in [4.78, 5) is 12.1. The third-order valence-corrected chi connectivity index (χ3v) is 3.40. The summed E-state index contributed by atoms with van der Waals surface area (Å²) in [5, 5.41) is 0. The Morgan fingerprint density at radius 2 is 2.12 bits per heavy atom. The zero-order chi connectivity index (χ0) is 12.1. The molecule has 0 spiro atoms. The van der Waals surface area contributed by atoms with Crippen molar-refractivity contribution in [1.29, 1.82) is 0 Å². The summed E-state index contributed by atoms with van der Waals surface area (Å²) in [6, 6.07) is 9.57. The predicted molar refractivity (Wildman–Crippen MR) is 71.0 cm³/mol. The fraction of sp³-hybridized carbons (Fsp3) is 0.312. The van der Waals surface area contributed by atoms with Crippen molar-refractivity contribution in [2.45, 2.75) is 25.7 Å². The number of rotatable bonds is 4. The van der Waals surface area contributed by atoms with Gasteiger partial charge in [-0.15, -0.1) is 0 Å². The molecule has 1 aliphatic carbocycles. The molecule has 0 aromatic heterocycles. The van der Waals surface area contributed by atoms with Gasteiger partial charge in [-0.1, -0.05) is 54.6 Å². The van der Waals surface area contributed by atoms with Crippen LogP contribution in [0.4, 0.5) is 0 Å². The highest BCUT2D eigenvalue weighted by atomic mass is 16.1. The molecular formula is C16H18O. The average molecular weight is 226 g/mol. The van der Waals surface area contributed by atoms with Crippen LogP contribution in [0, 0.1) is 5.92 Å². The van der Waals surface area contributed by atoms with Gasteiger partial charge in [0.25, 0.3) is 0 Å². The fourth-order valence-electron chi connectivity index (χ4n) is 2.51. The van der Waals surface area contributed by atoms with E-state index in [0.717, 1.165) is 18.4 Å². The maximum Gasteiger partial charge on any atom is 0.163 e. The maximum atomic E-state index is 12.1. The number of benzene rings is 1. The van der Waals surface area contributed by atoms with Crippen LogP contribution in [0.15, 0.2) is 54.6 Å². The second-order valence-electron chi connectivity index (χ2n) is 4.56. The lowest BCUT2D eigenvalue weighted by Gasteiger charge is -2.10. The minimum absolute atomic E-state index is 0.257. The Balaban J connectivity index is 2.04. The standard InChI is InChI=1S/C16H18O/c1-2-7-13-10-6-11-15(13)12-16(17)14-8-4-3-5-9-14/h2-5,7-9,15H,1,6,10-12H2/b13-7-. The second kappa shape index (κ2) is 5.62. The Bertz CT molecular complexity index is 428. The Morgan fingerprint density at radius 3 is 2.82 bits per heavy atom. The van der Waals surface area contributed by atoms with Gasteiger partial charge < -0.3 is 0 Å². The highest BCUT2D eigenvalue weighted by Gasteiger charge is 2.23. The molecule has 1 aromatic rings. The van der Waals surface area contributed by atoms with Crippen molar-refractivity contribution in [3.05, 3.63) is 60.2 Å². The lowest BCUT2D eigenvalue weighted by Crippen LogP contribution is -2.07. The van der Waals surface area contributed by atoms with E-state index in [1.54, 1.807) is 0 Å². The van der Waals surface area contributed by atoms with Crippen molar-refractivity contribution in [3.8, 4) is 0 Å². The summed E-state index contributed by atoms with van der Waals surface area (Å²) in [5.41, 5.74) is 2.22. The highest BCUT2D eigenvalue weighted by Crippen LogP contribution is 2.34. The van der Waals surface area contributed by atoms with E-state index < -0.39 is 0 Å². The molecule has 1 heteroatoms. The smallest absolute Gasteiger partial charge is 0.163 e. The predicted octanol–water partition coefficient (Wildman–Crippen LogP) is 4.17. The second-order valence-corrected chi connectivity index (χ2v) is 4.56. The van der Waals surface area contributed by atoms with Crippen LogP contribution in [-0.4, -0.2) is 5.78 Å². The van der Waals surface area contributed by atoms with E-state index in [-0.39, 0.29) is 5.78 Å². The lowest BCUT2D eigenvalue weighted by molar-refractivity contribution is 0.0968. The fourth-order valence-corrected chi connectivity index (χ4v) is 2.51. The van der Waals surface area contributed by atoms with Crippen LogP contribution < -0.4 is 0 Å². The van der Waals surface area contributed by atoms with Gasteiger partial charge in [-0.25, -0.2) is 0 Å². The van der Waals surface area contributed by atoms with Crippen LogP contribution in [0.3, 0.4) is 0 Å². The highest BCUT2D eigenvalue weighted by molar-refractivity contribution is 5.96. The van der Waals surface area contributed by atoms with Gasteiger partial charge in [0.1, 0.15) is 0 Å². The number of ketones is 1. The third kappa shape index (κ3) is 2.94. The van der Waals surface area contributed by atoms with Crippen LogP contribution in [0.2, 0.25) is 0 Å². The molecule has 17 heavy (non-hydrogen) atoms. The number of hydrogen-bond acceptors (Lipinski definition) is 1. The van der Waals surface area contributed by atoms with E-state index in [1.165, 1.54) is 12.0 Å². The first-order valence-corrected chi connectivity index (χ1v) is 6.21. The molecule has 0 heterocycles. The van der Waals surface area contributed by atoms with Crippen molar-refractivity contribution in [2.24, 2.45) is 5.92 Å². The summed E-state index contributed by atoms with van der Waals surface area (Å²) in [6.45, 7) is 3.73. The zero-order valence-electron chi connectivity index (χ0n) is 10.1. The first-order valence-electron chi connectivity index (χ1n) is 6.21. The first-order chi connectivity index (χ1) is 8.31. The summed E-state index contributed by atoms with van der Waals surface area (Å²) in [7, 11) is 0.